The van der Waals surface area contributed by atoms with Gasteiger partial charge in [0.05, 0.1) is 0 Å². The summed E-state index contributed by atoms with van der Waals surface area (Å²) < 4.78 is 2.62. The number of fused-ring (bicyclic) bond motifs is 1. The molecule has 0 aromatic heterocycles. The number of carbonyl (C=O) groups excluding carboxylic acids is 1. The average Bonchev–Trinajstić information content (AvgIpc) is 3.07. The zero-order chi connectivity index (χ0) is 17.9. The fourth-order valence-corrected chi connectivity index (χ4v) is 6.48. The van der Waals surface area contributed by atoms with Crippen LogP contribution in [0.1, 0.15) is 24.5 Å². The fourth-order valence-electron chi connectivity index (χ4n) is 3.20. The summed E-state index contributed by atoms with van der Waals surface area (Å²) in [7, 11) is 0. The Kier molecular flexibility index (Phi) is 5.50. The van der Waals surface area contributed by atoms with Crippen LogP contribution in [-0.2, 0) is 17.6 Å². The SMILES string of the molecule is C/C(C(=O)Nc1ccc2c(c1)CCC2)=C(\Sc1ccccc1)C1=CC[I-]1. The van der Waals surface area contributed by atoms with Crippen LogP contribution < -0.4 is 26.5 Å². The molecule has 0 radical (unpaired) electrons. The molecule has 2 aromatic rings. The summed E-state index contributed by atoms with van der Waals surface area (Å²) in [6.07, 6.45) is 5.80. The van der Waals surface area contributed by atoms with Crippen molar-refractivity contribution in [2.45, 2.75) is 31.1 Å². The predicted octanol–water partition coefficient (Wildman–Crippen LogP) is 2.17. The molecule has 0 atom stereocenters. The molecule has 1 N–H and O–H groups in total. The number of thioether (sulfide) groups is 1. The minimum absolute atomic E-state index is 0.0122. The standard InChI is InChI=1S/C22H21INOS/c1-15(21(20-12-13-23-20)26-19-8-3-2-4-9-19)22(25)24-18-11-10-16-6-5-7-17(16)14-18/h2-4,8-12,14H,5-7,13H2,1H3,(H,24,25)/q-1/b21-15+. The molecule has 2 aliphatic rings. The van der Waals surface area contributed by atoms with Gasteiger partial charge in [-0.2, -0.15) is 0 Å². The number of aryl methyl sites for hydroxylation is 2. The molecule has 0 bridgehead atoms. The monoisotopic (exact) mass is 474 g/mol. The predicted molar refractivity (Wildman–Crippen MR) is 105 cm³/mol. The Labute approximate surface area is 169 Å². The molecule has 2 nitrogen and oxygen atoms in total. The first-order valence-electron chi connectivity index (χ1n) is 8.87. The van der Waals surface area contributed by atoms with E-state index in [0.717, 1.165) is 29.0 Å². The van der Waals surface area contributed by atoms with Crippen LogP contribution in [0, 0.1) is 0 Å². The Morgan fingerprint density at radius 3 is 2.58 bits per heavy atom. The van der Waals surface area contributed by atoms with Gasteiger partial charge in [0.1, 0.15) is 0 Å². The van der Waals surface area contributed by atoms with E-state index >= 15 is 0 Å². The second kappa shape index (κ2) is 8.01. The van der Waals surface area contributed by atoms with Crippen LogP contribution >= 0.6 is 11.8 Å². The number of hydrogen-bond acceptors (Lipinski definition) is 2. The van der Waals surface area contributed by atoms with Crippen LogP contribution in [0.25, 0.3) is 0 Å². The molecule has 0 spiro atoms. The van der Waals surface area contributed by atoms with Crippen molar-refractivity contribution >= 4 is 23.4 Å². The molecule has 0 unspecified atom stereocenters. The maximum absolute atomic E-state index is 12.9. The molecule has 26 heavy (non-hydrogen) atoms. The quantitative estimate of drug-likeness (QED) is 0.312. The van der Waals surface area contributed by atoms with E-state index in [1.807, 2.05) is 31.2 Å². The van der Waals surface area contributed by atoms with Crippen LogP contribution in [0.15, 0.2) is 73.6 Å². The van der Waals surface area contributed by atoms with Crippen molar-refractivity contribution in [3.63, 3.8) is 0 Å². The topological polar surface area (TPSA) is 29.1 Å². The third kappa shape index (κ3) is 3.91. The van der Waals surface area contributed by atoms with Crippen LogP contribution in [0.3, 0.4) is 0 Å². The Morgan fingerprint density at radius 2 is 1.85 bits per heavy atom. The summed E-state index contributed by atoms with van der Waals surface area (Å²) in [4.78, 5) is 15.2. The first kappa shape index (κ1) is 17.9. The van der Waals surface area contributed by atoms with Gasteiger partial charge in [0.2, 0.25) is 0 Å². The zero-order valence-corrected chi connectivity index (χ0v) is 17.7. The van der Waals surface area contributed by atoms with E-state index < -0.39 is 0 Å². The Hall–Kier alpha value is -1.53. The van der Waals surface area contributed by atoms with E-state index in [-0.39, 0.29) is 27.1 Å². The molecule has 0 fully saturated rings. The van der Waals surface area contributed by atoms with Crippen LogP contribution in [-0.4, -0.2) is 10.3 Å². The number of benzene rings is 2. The van der Waals surface area contributed by atoms with Gasteiger partial charge < -0.3 is 0 Å². The van der Waals surface area contributed by atoms with E-state index in [4.69, 9.17) is 0 Å². The van der Waals surface area contributed by atoms with E-state index in [2.05, 4.69) is 35.7 Å². The van der Waals surface area contributed by atoms with Gasteiger partial charge in [-0.1, -0.05) is 0 Å². The van der Waals surface area contributed by atoms with E-state index in [1.54, 1.807) is 11.8 Å². The maximum atomic E-state index is 12.9. The molecule has 1 aliphatic heterocycles. The number of nitrogens with one attached hydrogen (secondary N) is 1. The van der Waals surface area contributed by atoms with Gasteiger partial charge in [0, 0.05) is 0 Å². The van der Waals surface area contributed by atoms with Crippen LogP contribution in [0.5, 0.6) is 0 Å². The van der Waals surface area contributed by atoms with Gasteiger partial charge in [0.25, 0.3) is 0 Å². The number of rotatable bonds is 5. The molecule has 134 valence electrons. The average molecular weight is 474 g/mol. The van der Waals surface area contributed by atoms with Gasteiger partial charge >= 0.3 is 170 Å². The van der Waals surface area contributed by atoms with Crippen LogP contribution in [0.4, 0.5) is 5.69 Å². The summed E-state index contributed by atoms with van der Waals surface area (Å²) in [6, 6.07) is 16.7. The minimum atomic E-state index is 0.0122. The van der Waals surface area contributed by atoms with E-state index in [1.165, 1.54) is 30.5 Å². The van der Waals surface area contributed by atoms with Gasteiger partial charge in [-0.05, 0) is 0 Å². The third-order valence-corrected chi connectivity index (χ3v) is 8.98. The van der Waals surface area contributed by atoms with Gasteiger partial charge in [-0.15, -0.1) is 0 Å². The normalized spacial score (nSPS) is 16.6. The molecular formula is C22H21INOS-. The summed E-state index contributed by atoms with van der Waals surface area (Å²) in [6.45, 7) is 1.96. The molecule has 0 saturated carbocycles. The molecule has 4 heteroatoms. The molecule has 1 heterocycles. The number of hydrogen-bond donors (Lipinski definition) is 1. The van der Waals surface area contributed by atoms with Crippen molar-refractivity contribution in [2.24, 2.45) is 0 Å². The Balaban J connectivity index is 1.57. The molecule has 2 aromatic carbocycles. The summed E-state index contributed by atoms with van der Waals surface area (Å²) >= 11 is 1.78. The fraction of sp³-hybridized carbons (Fsp3) is 0.227. The second-order valence-electron chi connectivity index (χ2n) is 6.50. The summed E-state index contributed by atoms with van der Waals surface area (Å²) in [5, 5.41) is 3.12. The number of amides is 1. The Bertz CT molecular complexity index is 902. The molecule has 0 saturated heterocycles. The number of alkyl halides is 1. The zero-order valence-electron chi connectivity index (χ0n) is 14.7. The third-order valence-electron chi connectivity index (χ3n) is 4.70. The van der Waals surface area contributed by atoms with Crippen molar-refractivity contribution in [1.82, 2.24) is 0 Å². The van der Waals surface area contributed by atoms with Gasteiger partial charge in [0.15, 0.2) is 0 Å². The van der Waals surface area contributed by atoms with Gasteiger partial charge in [-0.25, -0.2) is 0 Å². The molecular weight excluding hydrogens is 453 g/mol. The number of halogens is 1. The summed E-state index contributed by atoms with van der Waals surface area (Å²) in [5.74, 6) is 0.0122. The van der Waals surface area contributed by atoms with Gasteiger partial charge in [-0.3, -0.25) is 0 Å². The molecule has 4 rings (SSSR count). The van der Waals surface area contributed by atoms with Crippen molar-refractivity contribution in [3.05, 3.63) is 79.8 Å². The van der Waals surface area contributed by atoms with E-state index in [0.29, 0.717) is 0 Å². The van der Waals surface area contributed by atoms with Crippen molar-refractivity contribution in [1.29, 1.82) is 0 Å². The number of anilines is 1. The van der Waals surface area contributed by atoms with Crippen molar-refractivity contribution < 1.29 is 26.0 Å². The number of allylic oxidation sites excluding steroid dienone is 2. The first-order valence-corrected chi connectivity index (χ1v) is 12.3. The summed E-state index contributed by atoms with van der Waals surface area (Å²) in [5.41, 5.74) is 4.55. The van der Waals surface area contributed by atoms with Crippen LogP contribution in [0.2, 0.25) is 0 Å². The van der Waals surface area contributed by atoms with Crippen molar-refractivity contribution in [2.75, 3.05) is 9.74 Å². The molecule has 1 amide bonds. The Morgan fingerprint density at radius 1 is 1.08 bits per heavy atom. The molecule has 1 aliphatic carbocycles. The second-order valence-corrected chi connectivity index (χ2v) is 10.4. The van der Waals surface area contributed by atoms with Crippen molar-refractivity contribution in [3.8, 4) is 0 Å². The first-order chi connectivity index (χ1) is 12.7. The van der Waals surface area contributed by atoms with E-state index in [9.17, 15) is 4.79 Å². The number of carbonyl (C=O) groups is 1.